The number of aliphatic hydroxyl groups excluding tert-OH is 1. The zero-order valence-corrected chi connectivity index (χ0v) is 15.5. The highest BCUT2D eigenvalue weighted by Crippen LogP contribution is 2.22. The molecular formula is C18H26N2O5S. The van der Waals surface area contributed by atoms with Gasteiger partial charge in [0, 0.05) is 25.4 Å². The molecule has 0 spiro atoms. The van der Waals surface area contributed by atoms with E-state index in [1.165, 1.54) is 24.1 Å². The second kappa shape index (κ2) is 9.70. The van der Waals surface area contributed by atoms with Crippen LogP contribution in [0.25, 0.3) is 0 Å². The number of carboxylic acid groups (broad SMARTS) is 1. The lowest BCUT2D eigenvalue weighted by molar-refractivity contribution is 0.0697. The van der Waals surface area contributed by atoms with E-state index in [4.69, 9.17) is 5.11 Å². The number of sulfonamides is 1. The molecule has 0 fully saturated rings. The van der Waals surface area contributed by atoms with Crippen LogP contribution in [0.15, 0.2) is 34.7 Å². The van der Waals surface area contributed by atoms with E-state index in [1.807, 2.05) is 0 Å². The fourth-order valence-corrected chi connectivity index (χ4v) is 3.94. The van der Waals surface area contributed by atoms with Crippen molar-refractivity contribution in [2.75, 3.05) is 25.0 Å². The Morgan fingerprint density at radius 2 is 2.00 bits per heavy atom. The second-order valence-electron chi connectivity index (χ2n) is 6.27. The van der Waals surface area contributed by atoms with Gasteiger partial charge in [-0.05, 0) is 56.7 Å². The summed E-state index contributed by atoms with van der Waals surface area (Å²) in [5.41, 5.74) is 1.49. The highest BCUT2D eigenvalue weighted by atomic mass is 32.2. The van der Waals surface area contributed by atoms with Gasteiger partial charge in [0.25, 0.3) is 0 Å². The topological polar surface area (TPSA) is 116 Å². The molecule has 144 valence electrons. The molecule has 0 aromatic heterocycles. The molecule has 0 saturated carbocycles. The predicted octanol–water partition coefficient (Wildman–Crippen LogP) is 2.35. The first kappa shape index (κ1) is 20.4. The molecule has 0 aliphatic heterocycles. The number of nitrogens with one attached hydrogen (secondary N) is 2. The minimum absolute atomic E-state index is 0.0117. The zero-order chi connectivity index (χ0) is 19.0. The molecular weight excluding hydrogens is 356 g/mol. The number of anilines is 1. The smallest absolute Gasteiger partial charge is 0.337 e. The van der Waals surface area contributed by atoms with E-state index in [0.29, 0.717) is 31.6 Å². The molecule has 1 aliphatic rings. The standard InChI is InChI=1S/C18H26N2O5S/c21-12-4-10-19-17-8-7-15(13-16(17)18(22)23)26(24,25)20-11-9-14-5-2-1-3-6-14/h5,7-8,13,19-21H,1-4,6,9-12H2,(H,22,23). The molecule has 0 radical (unpaired) electrons. The number of hydrogen-bond acceptors (Lipinski definition) is 5. The van der Waals surface area contributed by atoms with Crippen LogP contribution in [0.4, 0.5) is 5.69 Å². The lowest BCUT2D eigenvalue weighted by Crippen LogP contribution is -2.25. The fraction of sp³-hybridized carbons (Fsp3) is 0.500. The second-order valence-corrected chi connectivity index (χ2v) is 8.04. The maximum atomic E-state index is 12.4. The van der Waals surface area contributed by atoms with E-state index in [1.54, 1.807) is 0 Å². The Bertz CT molecular complexity index is 759. The Labute approximate surface area is 154 Å². The summed E-state index contributed by atoms with van der Waals surface area (Å²) >= 11 is 0. The summed E-state index contributed by atoms with van der Waals surface area (Å²) in [5, 5.41) is 21.0. The van der Waals surface area contributed by atoms with Crippen LogP contribution in [0.5, 0.6) is 0 Å². The molecule has 26 heavy (non-hydrogen) atoms. The van der Waals surface area contributed by atoms with Crippen LogP contribution in [-0.4, -0.2) is 44.3 Å². The van der Waals surface area contributed by atoms with Gasteiger partial charge in [0.05, 0.1) is 10.5 Å². The number of hydrogen-bond donors (Lipinski definition) is 4. The van der Waals surface area contributed by atoms with Gasteiger partial charge in [0.2, 0.25) is 10.0 Å². The van der Waals surface area contributed by atoms with E-state index in [9.17, 15) is 18.3 Å². The maximum Gasteiger partial charge on any atom is 0.337 e. The normalized spacial score (nSPS) is 14.7. The predicted molar refractivity (Wildman–Crippen MR) is 100.0 cm³/mol. The molecule has 8 heteroatoms. The average Bonchev–Trinajstić information content (AvgIpc) is 2.62. The van der Waals surface area contributed by atoms with Crippen molar-refractivity contribution in [1.82, 2.24) is 4.72 Å². The Balaban J connectivity index is 2.06. The zero-order valence-electron chi connectivity index (χ0n) is 14.7. The Morgan fingerprint density at radius 1 is 1.19 bits per heavy atom. The van der Waals surface area contributed by atoms with E-state index < -0.39 is 16.0 Å². The third kappa shape index (κ3) is 5.82. The summed E-state index contributed by atoms with van der Waals surface area (Å²) in [7, 11) is -3.77. The van der Waals surface area contributed by atoms with Gasteiger partial charge in [-0.15, -0.1) is 0 Å². The van der Waals surface area contributed by atoms with Crippen molar-refractivity contribution < 1.29 is 23.4 Å². The van der Waals surface area contributed by atoms with Crippen LogP contribution in [0.1, 0.15) is 48.9 Å². The average molecular weight is 382 g/mol. The number of carbonyl (C=O) groups is 1. The summed E-state index contributed by atoms with van der Waals surface area (Å²) in [6, 6.07) is 3.99. The first-order chi connectivity index (χ1) is 12.4. The van der Waals surface area contributed by atoms with Gasteiger partial charge in [-0.25, -0.2) is 17.9 Å². The fourth-order valence-electron chi connectivity index (χ4n) is 2.88. The van der Waals surface area contributed by atoms with Crippen LogP contribution < -0.4 is 10.0 Å². The van der Waals surface area contributed by atoms with E-state index in [-0.39, 0.29) is 17.1 Å². The lowest BCUT2D eigenvalue weighted by atomic mass is 9.97. The Kier molecular flexibility index (Phi) is 7.62. The lowest BCUT2D eigenvalue weighted by Gasteiger charge is -2.14. The molecule has 0 bridgehead atoms. The van der Waals surface area contributed by atoms with Crippen molar-refractivity contribution in [2.45, 2.75) is 43.4 Å². The number of rotatable bonds is 10. The monoisotopic (exact) mass is 382 g/mol. The molecule has 0 heterocycles. The van der Waals surface area contributed by atoms with Crippen molar-refractivity contribution in [1.29, 1.82) is 0 Å². The number of allylic oxidation sites excluding steroid dienone is 1. The third-order valence-electron chi connectivity index (χ3n) is 4.31. The summed E-state index contributed by atoms with van der Waals surface area (Å²) in [6.45, 7) is 0.686. The highest BCUT2D eigenvalue weighted by molar-refractivity contribution is 7.89. The third-order valence-corrected chi connectivity index (χ3v) is 5.76. The summed E-state index contributed by atoms with van der Waals surface area (Å²) in [6.07, 6.45) is 7.71. The van der Waals surface area contributed by atoms with Crippen LogP contribution in [0.3, 0.4) is 0 Å². The van der Waals surface area contributed by atoms with Crippen molar-refractivity contribution in [3.63, 3.8) is 0 Å². The quantitative estimate of drug-likeness (QED) is 0.365. The van der Waals surface area contributed by atoms with E-state index in [0.717, 1.165) is 25.3 Å². The molecule has 0 saturated heterocycles. The van der Waals surface area contributed by atoms with Crippen molar-refractivity contribution in [3.8, 4) is 0 Å². The molecule has 1 aromatic rings. The SMILES string of the molecule is O=C(O)c1cc(S(=O)(=O)NCCC2=CCCCC2)ccc1NCCCO. The molecule has 7 nitrogen and oxygen atoms in total. The van der Waals surface area contributed by atoms with Crippen LogP contribution >= 0.6 is 0 Å². The van der Waals surface area contributed by atoms with Crippen molar-refractivity contribution >= 4 is 21.7 Å². The number of carboxylic acids is 1. The number of benzene rings is 1. The number of aliphatic hydroxyl groups is 1. The summed E-state index contributed by atoms with van der Waals surface area (Å²) in [5.74, 6) is -1.21. The molecule has 0 amide bonds. The van der Waals surface area contributed by atoms with Gasteiger partial charge in [-0.2, -0.15) is 0 Å². The first-order valence-corrected chi connectivity index (χ1v) is 10.3. The summed E-state index contributed by atoms with van der Waals surface area (Å²) < 4.78 is 27.4. The Hall–Kier alpha value is -1.90. The van der Waals surface area contributed by atoms with Crippen LogP contribution in [0, 0.1) is 0 Å². The van der Waals surface area contributed by atoms with Crippen LogP contribution in [0.2, 0.25) is 0 Å². The van der Waals surface area contributed by atoms with Crippen molar-refractivity contribution in [2.24, 2.45) is 0 Å². The van der Waals surface area contributed by atoms with Gasteiger partial charge in [0.15, 0.2) is 0 Å². The molecule has 1 aromatic carbocycles. The minimum Gasteiger partial charge on any atom is -0.478 e. The first-order valence-electron chi connectivity index (χ1n) is 8.83. The van der Waals surface area contributed by atoms with E-state index >= 15 is 0 Å². The summed E-state index contributed by atoms with van der Waals surface area (Å²) in [4.78, 5) is 11.4. The maximum absolute atomic E-state index is 12.4. The number of aromatic carboxylic acids is 1. The van der Waals surface area contributed by atoms with Gasteiger partial charge in [-0.3, -0.25) is 0 Å². The van der Waals surface area contributed by atoms with Gasteiger partial charge < -0.3 is 15.5 Å². The highest BCUT2D eigenvalue weighted by Gasteiger charge is 2.19. The van der Waals surface area contributed by atoms with Gasteiger partial charge in [0.1, 0.15) is 0 Å². The molecule has 1 aliphatic carbocycles. The van der Waals surface area contributed by atoms with Gasteiger partial charge in [-0.1, -0.05) is 11.6 Å². The molecule has 2 rings (SSSR count). The largest absolute Gasteiger partial charge is 0.478 e. The van der Waals surface area contributed by atoms with Crippen LogP contribution in [-0.2, 0) is 10.0 Å². The molecule has 0 atom stereocenters. The molecule has 4 N–H and O–H groups in total. The minimum atomic E-state index is -3.77. The van der Waals surface area contributed by atoms with Gasteiger partial charge >= 0.3 is 5.97 Å². The van der Waals surface area contributed by atoms with E-state index in [2.05, 4.69) is 16.1 Å². The Morgan fingerprint density at radius 3 is 2.65 bits per heavy atom. The van der Waals surface area contributed by atoms with Crippen molar-refractivity contribution in [3.05, 3.63) is 35.4 Å². The molecule has 0 unspecified atom stereocenters.